The summed E-state index contributed by atoms with van der Waals surface area (Å²) in [6, 6.07) is 13.6. The summed E-state index contributed by atoms with van der Waals surface area (Å²) >= 11 is 0. The van der Waals surface area contributed by atoms with E-state index in [-0.39, 0.29) is 18.6 Å². The van der Waals surface area contributed by atoms with Crippen molar-refractivity contribution in [2.75, 3.05) is 31.5 Å². The van der Waals surface area contributed by atoms with Crippen LogP contribution in [0, 0.1) is 5.92 Å². The quantitative estimate of drug-likeness (QED) is 0.157. The Morgan fingerprint density at radius 2 is 1.55 bits per heavy atom. The van der Waals surface area contributed by atoms with Crippen LogP contribution in [0.1, 0.15) is 24.5 Å². The van der Waals surface area contributed by atoms with Crippen molar-refractivity contribution < 1.29 is 53.8 Å². The van der Waals surface area contributed by atoms with Crippen LogP contribution in [-0.4, -0.2) is 85.0 Å². The van der Waals surface area contributed by atoms with Crippen LogP contribution in [0.15, 0.2) is 60.7 Å². The summed E-state index contributed by atoms with van der Waals surface area (Å²) in [5, 5.41) is 2.30. The van der Waals surface area contributed by atoms with Crippen molar-refractivity contribution in [2.24, 2.45) is 11.7 Å². The van der Waals surface area contributed by atoms with E-state index in [2.05, 4.69) is 5.32 Å². The van der Waals surface area contributed by atoms with Crippen LogP contribution >= 0.6 is 0 Å². The second-order valence-corrected chi connectivity index (χ2v) is 15.0. The highest BCUT2D eigenvalue weighted by molar-refractivity contribution is 8.15. The van der Waals surface area contributed by atoms with Gasteiger partial charge >= 0.3 is 17.8 Å². The number of hydrogen-bond donors (Lipinski definition) is 2. The van der Waals surface area contributed by atoms with Gasteiger partial charge in [0.1, 0.15) is 9.84 Å². The number of methoxy groups -OCH3 is 1. The molecule has 0 bridgehead atoms. The molecule has 3 N–H and O–H groups in total. The third-order valence-corrected chi connectivity index (χ3v) is 10.7. The maximum atomic E-state index is 13.9. The van der Waals surface area contributed by atoms with Gasteiger partial charge in [-0.3, -0.25) is 4.79 Å². The fourth-order valence-corrected chi connectivity index (χ4v) is 7.74. The van der Waals surface area contributed by atoms with Crippen LogP contribution in [0.3, 0.4) is 0 Å². The van der Waals surface area contributed by atoms with Crippen LogP contribution in [0.5, 0.6) is 0 Å². The Morgan fingerprint density at radius 3 is 2.05 bits per heavy atom. The number of nitrogens with one attached hydrogen (secondary N) is 1. The highest BCUT2D eigenvalue weighted by atomic mass is 32.2. The molecule has 2 aromatic carbocycles. The largest absolute Gasteiger partial charge is 0.511 e. The zero-order valence-corrected chi connectivity index (χ0v) is 26.6. The summed E-state index contributed by atoms with van der Waals surface area (Å²) < 4.78 is 88.1. The monoisotopic (exact) mass is 674 g/mol. The molecule has 242 valence electrons. The van der Waals surface area contributed by atoms with Crippen molar-refractivity contribution in [1.29, 1.82) is 0 Å². The Balaban J connectivity index is 2.64. The van der Waals surface area contributed by atoms with E-state index in [1.54, 1.807) is 36.4 Å². The van der Waals surface area contributed by atoms with Crippen LogP contribution < -0.4 is 11.1 Å². The van der Waals surface area contributed by atoms with Crippen molar-refractivity contribution in [3.63, 3.8) is 0 Å². The van der Waals surface area contributed by atoms with Gasteiger partial charge < -0.3 is 25.3 Å². The van der Waals surface area contributed by atoms with E-state index in [9.17, 15) is 39.6 Å². The number of benzene rings is 2. The van der Waals surface area contributed by atoms with E-state index in [1.165, 1.54) is 31.2 Å². The number of hydrogen-bond acceptors (Lipinski definition) is 13. The summed E-state index contributed by atoms with van der Waals surface area (Å²) in [4.78, 5) is 39.5. The van der Waals surface area contributed by atoms with E-state index >= 15 is 0 Å². The topological polar surface area (TPSA) is 219 Å². The number of rotatable bonds is 14. The zero-order chi connectivity index (χ0) is 33.1. The van der Waals surface area contributed by atoms with E-state index in [0.717, 1.165) is 13.4 Å². The summed E-state index contributed by atoms with van der Waals surface area (Å²) in [6.45, 7) is 1.32. The molecule has 0 aliphatic carbocycles. The van der Waals surface area contributed by atoms with E-state index in [1.807, 2.05) is 0 Å². The third-order valence-electron chi connectivity index (χ3n) is 6.14. The lowest BCUT2D eigenvalue weighted by Crippen LogP contribution is -2.57. The Bertz CT molecular complexity index is 1670. The highest BCUT2D eigenvalue weighted by Gasteiger charge is 2.49. The van der Waals surface area contributed by atoms with Crippen LogP contribution in [0.25, 0.3) is 0 Å². The lowest BCUT2D eigenvalue weighted by molar-refractivity contribution is -0.174. The lowest BCUT2D eigenvalue weighted by Gasteiger charge is -2.32. The van der Waals surface area contributed by atoms with Gasteiger partial charge in [0.2, 0.25) is 16.2 Å². The number of esters is 1. The minimum Gasteiger partial charge on any atom is -0.464 e. The molecule has 2 aromatic rings. The maximum Gasteiger partial charge on any atom is 0.511 e. The number of ether oxygens (including phenoxy) is 3. The molecule has 3 atom stereocenters. The van der Waals surface area contributed by atoms with Crippen LogP contribution in [0.4, 0.5) is 4.79 Å². The molecule has 0 spiro atoms. The number of amides is 1. The van der Waals surface area contributed by atoms with Gasteiger partial charge in [-0.15, -0.1) is 0 Å². The van der Waals surface area contributed by atoms with Gasteiger partial charge in [-0.1, -0.05) is 60.7 Å². The molecule has 14 nitrogen and oxygen atoms in total. The second kappa shape index (κ2) is 15.8. The molecule has 0 fully saturated rings. The Hall–Kier alpha value is -3.80. The van der Waals surface area contributed by atoms with Gasteiger partial charge in [-0.05, 0) is 25.3 Å². The van der Waals surface area contributed by atoms with Gasteiger partial charge in [-0.25, -0.2) is 26.4 Å². The van der Waals surface area contributed by atoms with Crippen molar-refractivity contribution >= 4 is 52.2 Å². The molecule has 44 heavy (non-hydrogen) atoms. The molecular formula is C27H34N2O12S3. The Morgan fingerprint density at radius 1 is 0.977 bits per heavy atom. The molecule has 0 radical (unpaired) electrons. The highest BCUT2D eigenvalue weighted by Crippen LogP contribution is 2.27. The first-order valence-corrected chi connectivity index (χ1v) is 17.8. The lowest BCUT2D eigenvalue weighted by atomic mass is 9.97. The van der Waals surface area contributed by atoms with E-state index < -0.39 is 87.8 Å². The van der Waals surface area contributed by atoms with Crippen molar-refractivity contribution in [1.82, 2.24) is 5.32 Å². The third kappa shape index (κ3) is 10.1. The summed E-state index contributed by atoms with van der Waals surface area (Å²) in [5.74, 6) is -5.72. The second-order valence-electron chi connectivity index (χ2n) is 9.56. The SMILES string of the molecule is CCOC(=O)OC(NC(=O)C(Cc1ccccc1)CS(=O)(=O)C(C(N)CCS(C)(=O)=O)=S(=O)=O)(C(=O)OC)c1ccccc1. The molecule has 0 heterocycles. The molecule has 0 aliphatic heterocycles. The van der Waals surface area contributed by atoms with Crippen molar-refractivity contribution in [3.05, 3.63) is 71.8 Å². The van der Waals surface area contributed by atoms with Gasteiger partial charge in [-0.2, -0.15) is 8.42 Å². The summed E-state index contributed by atoms with van der Waals surface area (Å²) in [7, 11) is -10.9. The first-order valence-electron chi connectivity index (χ1n) is 13.0. The average molecular weight is 675 g/mol. The number of carbonyl (C=O) groups excluding carboxylic acids is 3. The smallest absolute Gasteiger partial charge is 0.464 e. The molecule has 17 heteroatoms. The van der Waals surface area contributed by atoms with Gasteiger partial charge in [0.15, 0.2) is 14.0 Å². The van der Waals surface area contributed by atoms with Gasteiger partial charge in [0.25, 0.3) is 0 Å². The first kappa shape index (κ1) is 36.4. The van der Waals surface area contributed by atoms with Gasteiger partial charge in [0.05, 0.1) is 37.2 Å². The fourth-order valence-electron chi connectivity index (χ4n) is 4.12. The maximum absolute atomic E-state index is 13.9. The summed E-state index contributed by atoms with van der Waals surface area (Å²) in [6.07, 6.45) is -1.29. The normalized spacial score (nSPS) is 14.3. The number of sulfone groups is 2. The minimum absolute atomic E-state index is 0.0784. The summed E-state index contributed by atoms with van der Waals surface area (Å²) in [5.41, 5.74) is 3.57. The molecule has 0 aliphatic rings. The molecule has 1 amide bonds. The predicted molar refractivity (Wildman–Crippen MR) is 160 cm³/mol. The molecular weight excluding hydrogens is 640 g/mol. The molecule has 3 unspecified atom stereocenters. The molecule has 0 aromatic heterocycles. The van der Waals surface area contributed by atoms with E-state index in [4.69, 9.17) is 19.9 Å². The minimum atomic E-state index is -4.86. The predicted octanol–water partition coefficient (Wildman–Crippen LogP) is 0.346. The van der Waals surface area contributed by atoms with Gasteiger partial charge in [0, 0.05) is 11.8 Å². The number of nitrogens with two attached hydrogens (primary N) is 1. The Labute approximate surface area is 257 Å². The van der Waals surface area contributed by atoms with Crippen LogP contribution in [0.2, 0.25) is 0 Å². The van der Waals surface area contributed by atoms with Crippen molar-refractivity contribution in [3.8, 4) is 0 Å². The fraction of sp³-hybridized carbons (Fsp3) is 0.407. The number of carbonyl (C=O) groups is 3. The molecule has 0 saturated heterocycles. The average Bonchev–Trinajstić information content (AvgIpc) is 2.95. The van der Waals surface area contributed by atoms with E-state index in [0.29, 0.717) is 5.56 Å². The Kier molecular flexibility index (Phi) is 13.1. The molecule has 2 rings (SSSR count). The molecule has 0 saturated carbocycles. The first-order chi connectivity index (χ1) is 20.6. The standard InChI is InChI=1S/C27H34N2O12S3/c1-4-40-26(32)41-27(25(31)39-2,21-13-9-6-10-14-21)29-23(30)20(17-19-11-7-5-8-12-19)18-44(37,38)24(42(33)34)22(28)15-16-43(3,35)36/h5-14,20,22H,4,15-18,28H2,1-3H3,(H,29,30). The zero-order valence-electron chi connectivity index (χ0n) is 24.2. The van der Waals surface area contributed by atoms with Crippen LogP contribution in [-0.2, 0) is 65.9 Å². The van der Waals surface area contributed by atoms with Crippen molar-refractivity contribution in [2.45, 2.75) is 31.5 Å².